The molecule has 28 heavy (non-hydrogen) atoms. The number of aromatic nitrogens is 2. The van der Waals surface area contributed by atoms with Gasteiger partial charge in [0.1, 0.15) is 11.0 Å². The number of hydrogen-bond acceptors (Lipinski definition) is 5. The van der Waals surface area contributed by atoms with Crippen molar-refractivity contribution in [2.45, 2.75) is 52.9 Å². The number of nitrogens with zero attached hydrogens (tertiary/aromatic N) is 2. The van der Waals surface area contributed by atoms with Crippen LogP contribution >= 0.6 is 11.6 Å². The maximum Gasteiger partial charge on any atom is 0.337 e. The molecule has 1 aromatic heterocycles. The van der Waals surface area contributed by atoms with E-state index in [1.807, 2.05) is 12.1 Å². The Bertz CT molecular complexity index is 788. The molecular weight excluding hydrogens is 380 g/mol. The second-order valence-corrected chi connectivity index (χ2v) is 6.56. The molecule has 0 unspecified atom stereocenters. The van der Waals surface area contributed by atoms with Crippen molar-refractivity contribution in [1.29, 1.82) is 0 Å². The largest absolute Gasteiger partial charge is 0.481 e. The molecule has 1 N–H and O–H groups in total. The van der Waals surface area contributed by atoms with Gasteiger partial charge in [0.25, 0.3) is 5.97 Å². The maximum absolute atomic E-state index is 11.5. The van der Waals surface area contributed by atoms with Crippen molar-refractivity contribution >= 4 is 23.5 Å². The molecule has 7 heteroatoms. The fourth-order valence-corrected chi connectivity index (χ4v) is 2.90. The number of unbranched alkanes of at least 4 members (excludes halogenated alkanes) is 1. The van der Waals surface area contributed by atoms with Crippen LogP contribution in [0.4, 0.5) is 0 Å². The number of benzene rings is 1. The Morgan fingerprint density at radius 1 is 1.14 bits per heavy atom. The number of carboxylic acid groups (broad SMARTS) is 1. The highest BCUT2D eigenvalue weighted by Gasteiger charge is 2.13. The minimum atomic E-state index is -0.833. The molecule has 0 aliphatic heterocycles. The summed E-state index contributed by atoms with van der Waals surface area (Å²) >= 11 is 6.35. The summed E-state index contributed by atoms with van der Waals surface area (Å²) in [6.07, 6.45) is 4.46. The fourth-order valence-electron chi connectivity index (χ4n) is 2.56. The van der Waals surface area contributed by atoms with Crippen LogP contribution in [0.1, 0.15) is 66.6 Å². The van der Waals surface area contributed by atoms with Gasteiger partial charge in [-0.3, -0.25) is 4.79 Å². The van der Waals surface area contributed by atoms with Crippen molar-refractivity contribution in [2.24, 2.45) is 0 Å². The zero-order valence-corrected chi connectivity index (χ0v) is 17.5. The number of halogens is 1. The van der Waals surface area contributed by atoms with E-state index in [-0.39, 0.29) is 5.97 Å². The van der Waals surface area contributed by atoms with Gasteiger partial charge in [0, 0.05) is 25.3 Å². The van der Waals surface area contributed by atoms with Gasteiger partial charge < -0.3 is 9.84 Å². The van der Waals surface area contributed by atoms with Crippen molar-refractivity contribution in [3.05, 3.63) is 57.6 Å². The minimum absolute atomic E-state index is 0.331. The van der Waals surface area contributed by atoms with Gasteiger partial charge in [0.15, 0.2) is 0 Å². The molecular formula is C21H27ClN2O4. The number of aliphatic carboxylic acids is 1. The Balaban J connectivity index is 0.000000892. The van der Waals surface area contributed by atoms with E-state index >= 15 is 0 Å². The molecule has 0 atom stereocenters. The van der Waals surface area contributed by atoms with Gasteiger partial charge in [-0.1, -0.05) is 44.0 Å². The summed E-state index contributed by atoms with van der Waals surface area (Å²) in [6, 6.07) is 7.39. The predicted molar refractivity (Wildman–Crippen MR) is 109 cm³/mol. The number of esters is 1. The van der Waals surface area contributed by atoms with Gasteiger partial charge in [0.2, 0.25) is 0 Å². The summed E-state index contributed by atoms with van der Waals surface area (Å²) in [5, 5.41) is 7.97. The number of hydrogen-bond donors (Lipinski definition) is 1. The van der Waals surface area contributed by atoms with Gasteiger partial charge in [-0.2, -0.15) is 0 Å². The lowest BCUT2D eigenvalue weighted by Crippen LogP contribution is -2.07. The Kier molecular flexibility index (Phi) is 10.2. The average Bonchev–Trinajstić information content (AvgIpc) is 2.66. The highest BCUT2D eigenvalue weighted by molar-refractivity contribution is 6.30. The molecule has 0 aliphatic carbocycles. The summed E-state index contributed by atoms with van der Waals surface area (Å²) in [6.45, 7) is 5.28. The number of rotatable bonds is 7. The molecule has 0 fully saturated rings. The molecule has 0 saturated carbocycles. The van der Waals surface area contributed by atoms with Crippen molar-refractivity contribution in [2.75, 3.05) is 7.11 Å². The Morgan fingerprint density at radius 3 is 2.25 bits per heavy atom. The number of ether oxygens (including phenoxy) is 1. The maximum atomic E-state index is 11.5. The topological polar surface area (TPSA) is 89.4 Å². The fraction of sp³-hybridized carbons (Fsp3) is 0.429. The first-order chi connectivity index (χ1) is 13.3. The van der Waals surface area contributed by atoms with E-state index in [1.54, 1.807) is 12.1 Å². The normalized spacial score (nSPS) is 10.0. The SMILES string of the molecule is CC(=O)O.CCCCc1nc(Cl)c(CC)c(Cc2ccc(C(=O)OC)cc2)n1. The van der Waals surface area contributed by atoms with Crippen LogP contribution in [0, 0.1) is 0 Å². The molecule has 2 aromatic rings. The molecule has 0 spiro atoms. The second kappa shape index (κ2) is 12.1. The van der Waals surface area contributed by atoms with E-state index in [0.29, 0.717) is 17.1 Å². The lowest BCUT2D eigenvalue weighted by Gasteiger charge is -2.11. The molecule has 2 rings (SSSR count). The van der Waals surface area contributed by atoms with Crippen LogP contribution in [0.2, 0.25) is 5.15 Å². The molecule has 152 valence electrons. The third-order valence-electron chi connectivity index (χ3n) is 3.94. The summed E-state index contributed by atoms with van der Waals surface area (Å²) in [5.74, 6) is -0.358. The van der Waals surface area contributed by atoms with E-state index in [4.69, 9.17) is 31.2 Å². The molecule has 0 radical (unpaired) electrons. The lowest BCUT2D eigenvalue weighted by molar-refractivity contribution is -0.134. The van der Waals surface area contributed by atoms with Gasteiger partial charge in [-0.05, 0) is 30.5 Å². The molecule has 0 aliphatic rings. The third kappa shape index (κ3) is 7.64. The van der Waals surface area contributed by atoms with Gasteiger partial charge >= 0.3 is 5.97 Å². The van der Waals surface area contributed by atoms with E-state index in [2.05, 4.69) is 18.8 Å². The van der Waals surface area contributed by atoms with Crippen molar-refractivity contribution in [3.63, 3.8) is 0 Å². The van der Waals surface area contributed by atoms with Crippen LogP contribution in [0.15, 0.2) is 24.3 Å². The first-order valence-corrected chi connectivity index (χ1v) is 9.61. The van der Waals surface area contributed by atoms with Gasteiger partial charge in [-0.15, -0.1) is 0 Å². The first kappa shape index (κ1) is 23.6. The Labute approximate surface area is 170 Å². The molecule has 0 saturated heterocycles. The van der Waals surface area contributed by atoms with Gasteiger partial charge in [-0.25, -0.2) is 14.8 Å². The first-order valence-electron chi connectivity index (χ1n) is 9.23. The van der Waals surface area contributed by atoms with E-state index in [1.165, 1.54) is 7.11 Å². The summed E-state index contributed by atoms with van der Waals surface area (Å²) in [5.41, 5.74) is 3.58. The van der Waals surface area contributed by atoms with Crippen LogP contribution < -0.4 is 0 Å². The Morgan fingerprint density at radius 2 is 1.75 bits per heavy atom. The van der Waals surface area contributed by atoms with Crippen LogP contribution in [0.5, 0.6) is 0 Å². The smallest absolute Gasteiger partial charge is 0.337 e. The summed E-state index contributed by atoms with van der Waals surface area (Å²) in [7, 11) is 1.38. The minimum Gasteiger partial charge on any atom is -0.481 e. The molecule has 1 heterocycles. The third-order valence-corrected chi connectivity index (χ3v) is 4.26. The Hall–Kier alpha value is -2.47. The number of carbonyl (C=O) groups is 2. The van der Waals surface area contributed by atoms with Crippen molar-refractivity contribution in [1.82, 2.24) is 9.97 Å². The molecule has 0 amide bonds. The number of carboxylic acids is 1. The van der Waals surface area contributed by atoms with Crippen molar-refractivity contribution < 1.29 is 19.4 Å². The highest BCUT2D eigenvalue weighted by Crippen LogP contribution is 2.21. The summed E-state index contributed by atoms with van der Waals surface area (Å²) in [4.78, 5) is 29.7. The molecule has 1 aromatic carbocycles. The second-order valence-electron chi connectivity index (χ2n) is 6.20. The van der Waals surface area contributed by atoms with Crippen molar-refractivity contribution in [3.8, 4) is 0 Å². The van der Waals surface area contributed by atoms with Gasteiger partial charge in [0.05, 0.1) is 18.4 Å². The number of methoxy groups -OCH3 is 1. The predicted octanol–water partition coefficient (Wildman–Crippen LogP) is 4.50. The van der Waals surface area contributed by atoms with Crippen LogP contribution in [0.3, 0.4) is 0 Å². The summed E-state index contributed by atoms with van der Waals surface area (Å²) < 4.78 is 4.72. The zero-order chi connectivity index (χ0) is 21.1. The lowest BCUT2D eigenvalue weighted by atomic mass is 10.0. The van der Waals surface area contributed by atoms with E-state index in [9.17, 15) is 4.79 Å². The van der Waals surface area contributed by atoms with Crippen LogP contribution in [-0.4, -0.2) is 34.1 Å². The molecule has 6 nitrogen and oxygen atoms in total. The van der Waals surface area contributed by atoms with Crippen LogP contribution in [-0.2, 0) is 28.8 Å². The number of carbonyl (C=O) groups excluding carboxylic acids is 1. The standard InChI is InChI=1S/C19H23ClN2O2.C2H4O2/c1-4-6-7-17-21-16(15(5-2)18(20)22-17)12-13-8-10-14(11-9-13)19(23)24-3;1-2(3)4/h8-11H,4-7,12H2,1-3H3;1H3,(H,3,4). The van der Waals surface area contributed by atoms with E-state index < -0.39 is 5.97 Å². The number of aryl methyl sites for hydroxylation is 1. The average molecular weight is 407 g/mol. The quantitative estimate of drug-likeness (QED) is 0.537. The molecule has 0 bridgehead atoms. The van der Waals surface area contributed by atoms with E-state index in [0.717, 1.165) is 55.3 Å². The zero-order valence-electron chi connectivity index (χ0n) is 16.8. The van der Waals surface area contributed by atoms with Crippen LogP contribution in [0.25, 0.3) is 0 Å². The highest BCUT2D eigenvalue weighted by atomic mass is 35.5. The monoisotopic (exact) mass is 406 g/mol.